The molecule has 0 aliphatic heterocycles. The summed E-state index contributed by atoms with van der Waals surface area (Å²) >= 11 is 11.9. The van der Waals surface area contributed by atoms with Crippen LogP contribution in [0.3, 0.4) is 0 Å². The van der Waals surface area contributed by atoms with Crippen LogP contribution in [-0.2, 0) is 0 Å². The van der Waals surface area contributed by atoms with E-state index in [1.807, 2.05) is 0 Å². The van der Waals surface area contributed by atoms with Crippen LogP contribution in [0.5, 0.6) is 5.88 Å². The van der Waals surface area contributed by atoms with Gasteiger partial charge in [0.05, 0.1) is 5.02 Å². The van der Waals surface area contributed by atoms with E-state index < -0.39 is 0 Å². The smallest absolute Gasteiger partial charge is 0.234 e. The summed E-state index contributed by atoms with van der Waals surface area (Å²) in [5, 5.41) is 0.779. The monoisotopic (exact) mass is 274 g/mol. The van der Waals surface area contributed by atoms with Crippen molar-refractivity contribution in [2.45, 2.75) is 38.7 Å². The van der Waals surface area contributed by atoms with Gasteiger partial charge in [0.2, 0.25) is 5.88 Å². The number of pyridine rings is 1. The number of hydrogen-bond acceptors (Lipinski definition) is 3. The lowest BCUT2D eigenvalue weighted by Gasteiger charge is -2.29. The van der Waals surface area contributed by atoms with Crippen LogP contribution in [0.15, 0.2) is 6.07 Å². The van der Waals surface area contributed by atoms with Gasteiger partial charge in [-0.25, -0.2) is 0 Å². The van der Waals surface area contributed by atoms with E-state index in [-0.39, 0.29) is 11.9 Å². The molecular weight excluding hydrogens is 259 g/mol. The number of hydrogen-bond donors (Lipinski definition) is 1. The lowest BCUT2D eigenvalue weighted by molar-refractivity contribution is 0.0979. The number of nitrogen functional groups attached to an aromatic ring is 1. The fraction of sp³-hybridized carbons (Fsp3) is 0.583. The number of nitrogens with two attached hydrogens (primary N) is 1. The number of rotatable bonds is 2. The van der Waals surface area contributed by atoms with E-state index >= 15 is 0 Å². The van der Waals surface area contributed by atoms with Gasteiger partial charge in [0.1, 0.15) is 16.9 Å². The Kier molecular flexibility index (Phi) is 4.00. The van der Waals surface area contributed by atoms with E-state index in [1.54, 1.807) is 6.07 Å². The van der Waals surface area contributed by atoms with Crippen molar-refractivity contribution in [3.05, 3.63) is 16.1 Å². The number of halogens is 2. The fourth-order valence-electron chi connectivity index (χ4n) is 2.15. The Hall–Kier alpha value is -0.670. The highest BCUT2D eigenvalue weighted by Gasteiger charge is 2.24. The molecule has 2 N–H and O–H groups in total. The van der Waals surface area contributed by atoms with Crippen molar-refractivity contribution in [3.63, 3.8) is 0 Å². The highest BCUT2D eigenvalue weighted by atomic mass is 35.5. The van der Waals surface area contributed by atoms with Gasteiger partial charge in [-0.15, -0.1) is 0 Å². The molecule has 1 fully saturated rings. The Morgan fingerprint density at radius 2 is 2.00 bits per heavy atom. The third-order valence-electron chi connectivity index (χ3n) is 3.22. The summed E-state index contributed by atoms with van der Waals surface area (Å²) in [6, 6.07) is 1.58. The first-order chi connectivity index (χ1) is 8.08. The second kappa shape index (κ2) is 5.32. The van der Waals surface area contributed by atoms with Gasteiger partial charge >= 0.3 is 0 Å². The molecule has 1 saturated carbocycles. The molecule has 17 heavy (non-hydrogen) atoms. The average molecular weight is 275 g/mol. The van der Waals surface area contributed by atoms with Gasteiger partial charge in [0.25, 0.3) is 0 Å². The van der Waals surface area contributed by atoms with E-state index in [4.69, 9.17) is 33.7 Å². The summed E-state index contributed by atoms with van der Waals surface area (Å²) in [6.45, 7) is 2.19. The molecule has 0 radical (unpaired) electrons. The average Bonchev–Trinajstić information content (AvgIpc) is 2.29. The molecule has 1 aliphatic rings. The molecule has 1 aromatic rings. The summed E-state index contributed by atoms with van der Waals surface area (Å²) in [4.78, 5) is 4.09. The molecule has 0 bridgehead atoms. The molecule has 2 atom stereocenters. The third kappa shape index (κ3) is 2.96. The van der Waals surface area contributed by atoms with Crippen LogP contribution in [0.2, 0.25) is 10.0 Å². The maximum Gasteiger partial charge on any atom is 0.234 e. The summed E-state index contributed by atoms with van der Waals surface area (Å²) in [5.74, 6) is 1.18. The van der Waals surface area contributed by atoms with Crippen molar-refractivity contribution < 1.29 is 4.74 Å². The van der Waals surface area contributed by atoms with Crippen LogP contribution in [-0.4, -0.2) is 11.1 Å². The van der Waals surface area contributed by atoms with Gasteiger partial charge in [-0.05, 0) is 31.2 Å². The van der Waals surface area contributed by atoms with Gasteiger partial charge in [-0.3, -0.25) is 0 Å². The molecule has 3 nitrogen and oxygen atoms in total. The quantitative estimate of drug-likeness (QED) is 0.889. The van der Waals surface area contributed by atoms with Crippen molar-refractivity contribution in [2.24, 2.45) is 5.92 Å². The minimum atomic E-state index is 0.175. The van der Waals surface area contributed by atoms with Gasteiger partial charge in [-0.2, -0.15) is 4.98 Å². The Morgan fingerprint density at radius 3 is 2.71 bits per heavy atom. The zero-order valence-electron chi connectivity index (χ0n) is 9.75. The van der Waals surface area contributed by atoms with Crippen LogP contribution < -0.4 is 10.5 Å². The number of ether oxygens (including phenoxy) is 1. The van der Waals surface area contributed by atoms with Crippen molar-refractivity contribution in [3.8, 4) is 5.88 Å². The topological polar surface area (TPSA) is 48.1 Å². The van der Waals surface area contributed by atoms with Crippen LogP contribution in [0.25, 0.3) is 0 Å². The minimum Gasteiger partial charge on any atom is -0.473 e. The SMILES string of the molecule is CC1CCCCC1Oc1nc(N)c(Cl)cc1Cl. The molecule has 0 spiro atoms. The predicted molar refractivity (Wildman–Crippen MR) is 70.7 cm³/mol. The van der Waals surface area contributed by atoms with Gasteiger partial charge in [-0.1, -0.05) is 36.5 Å². The number of nitrogens with zero attached hydrogens (tertiary/aromatic N) is 1. The molecule has 94 valence electrons. The van der Waals surface area contributed by atoms with Gasteiger partial charge < -0.3 is 10.5 Å². The molecular formula is C12H16Cl2N2O. The molecule has 2 unspecified atom stereocenters. The van der Waals surface area contributed by atoms with Crippen LogP contribution in [0.4, 0.5) is 5.82 Å². The first-order valence-corrected chi connectivity index (χ1v) is 6.61. The summed E-state index contributed by atoms with van der Waals surface area (Å²) in [5.41, 5.74) is 5.65. The molecule has 0 amide bonds. The Morgan fingerprint density at radius 1 is 1.29 bits per heavy atom. The zero-order valence-corrected chi connectivity index (χ0v) is 11.3. The first kappa shape index (κ1) is 12.8. The largest absolute Gasteiger partial charge is 0.473 e. The van der Waals surface area contributed by atoms with E-state index in [0.29, 0.717) is 21.8 Å². The fourth-order valence-corrected chi connectivity index (χ4v) is 2.55. The summed E-state index contributed by atoms with van der Waals surface area (Å²) in [6.07, 6.45) is 4.86. The Balaban J connectivity index is 2.15. The molecule has 1 aromatic heterocycles. The van der Waals surface area contributed by atoms with Crippen LogP contribution in [0.1, 0.15) is 32.6 Å². The first-order valence-electron chi connectivity index (χ1n) is 5.86. The standard InChI is InChI=1S/C12H16Cl2N2O/c1-7-4-2-3-5-10(7)17-12-9(14)6-8(13)11(15)16-12/h6-7,10H,2-5H2,1H3,(H2,15,16). The van der Waals surface area contributed by atoms with E-state index in [1.165, 1.54) is 19.3 Å². The van der Waals surface area contributed by atoms with E-state index in [0.717, 1.165) is 6.42 Å². The van der Waals surface area contributed by atoms with Crippen LogP contribution >= 0.6 is 23.2 Å². The second-order valence-corrected chi connectivity index (χ2v) is 5.37. The van der Waals surface area contributed by atoms with Crippen molar-refractivity contribution in [1.82, 2.24) is 4.98 Å². The van der Waals surface area contributed by atoms with Crippen molar-refractivity contribution in [2.75, 3.05) is 5.73 Å². The lowest BCUT2D eigenvalue weighted by Crippen LogP contribution is -2.28. The zero-order chi connectivity index (χ0) is 12.4. The Bertz CT molecular complexity index is 412. The maximum absolute atomic E-state index is 6.04. The van der Waals surface area contributed by atoms with Crippen molar-refractivity contribution in [1.29, 1.82) is 0 Å². The highest BCUT2D eigenvalue weighted by Crippen LogP contribution is 2.33. The molecule has 1 aliphatic carbocycles. The van der Waals surface area contributed by atoms with E-state index in [2.05, 4.69) is 11.9 Å². The molecule has 0 saturated heterocycles. The maximum atomic E-state index is 6.04. The summed E-state index contributed by atoms with van der Waals surface area (Å²) < 4.78 is 5.85. The lowest BCUT2D eigenvalue weighted by atomic mass is 9.88. The predicted octanol–water partition coefficient (Wildman–Crippen LogP) is 3.93. The normalized spacial score (nSPS) is 24.6. The van der Waals surface area contributed by atoms with E-state index in [9.17, 15) is 0 Å². The summed E-state index contributed by atoms with van der Waals surface area (Å²) in [7, 11) is 0. The van der Waals surface area contributed by atoms with Crippen molar-refractivity contribution >= 4 is 29.0 Å². The molecule has 0 aromatic carbocycles. The minimum absolute atomic E-state index is 0.175. The molecule has 1 heterocycles. The Labute approximate surface area is 111 Å². The molecule has 2 rings (SSSR count). The number of anilines is 1. The third-order valence-corrected chi connectivity index (χ3v) is 3.79. The highest BCUT2D eigenvalue weighted by molar-refractivity contribution is 6.36. The number of aromatic nitrogens is 1. The van der Waals surface area contributed by atoms with Crippen LogP contribution in [0, 0.1) is 5.92 Å². The molecule has 5 heteroatoms. The van der Waals surface area contributed by atoms with Gasteiger partial charge in [0, 0.05) is 0 Å². The second-order valence-electron chi connectivity index (χ2n) is 4.56. The van der Waals surface area contributed by atoms with Gasteiger partial charge in [0.15, 0.2) is 0 Å².